The molecule has 0 bridgehead atoms. The van der Waals surface area contributed by atoms with E-state index in [1.807, 2.05) is 24.3 Å². The number of hydrogen-bond acceptors (Lipinski definition) is 8. The molecule has 0 spiro atoms. The topological polar surface area (TPSA) is 281 Å². The second-order valence-corrected chi connectivity index (χ2v) is 9.65. The minimum Gasteiger partial charge on any atom is -0.480 e. The van der Waals surface area contributed by atoms with Crippen LogP contribution in [0.5, 0.6) is 0 Å². The highest BCUT2D eigenvalue weighted by molar-refractivity contribution is 5.95. The van der Waals surface area contributed by atoms with Crippen LogP contribution in [0.4, 0.5) is 0 Å². The number of carbonyl (C=O) groups is 6. The molecule has 16 heteroatoms. The van der Waals surface area contributed by atoms with E-state index in [0.717, 1.165) is 16.5 Å². The van der Waals surface area contributed by atoms with Crippen molar-refractivity contribution in [3.63, 3.8) is 0 Å². The SMILES string of the molecule is NC(=O)CCC(NC(=O)C(N)Cc1c[nH]c2ccccc12)C(=O)NC(Cc1cnc[nH]1)C(=O)NC(CC(N)=O)C(=O)O. The van der Waals surface area contributed by atoms with Crippen LogP contribution in [-0.2, 0) is 41.6 Å². The zero-order chi connectivity index (χ0) is 30.8. The van der Waals surface area contributed by atoms with Gasteiger partial charge in [-0.1, -0.05) is 18.2 Å². The predicted octanol–water partition coefficient (Wildman–Crippen LogP) is -2.32. The molecule has 0 saturated carbocycles. The van der Waals surface area contributed by atoms with E-state index in [1.54, 1.807) is 6.20 Å². The molecular weight excluding hydrogens is 550 g/mol. The Labute approximate surface area is 239 Å². The predicted molar refractivity (Wildman–Crippen MR) is 148 cm³/mol. The van der Waals surface area contributed by atoms with Gasteiger partial charge >= 0.3 is 5.97 Å². The molecule has 0 saturated heterocycles. The Balaban J connectivity index is 1.75. The molecule has 4 atom stereocenters. The molecule has 0 aliphatic heterocycles. The smallest absolute Gasteiger partial charge is 0.326 e. The Morgan fingerprint density at radius 3 is 2.17 bits per heavy atom. The lowest BCUT2D eigenvalue weighted by molar-refractivity contribution is -0.143. The average Bonchev–Trinajstić information content (AvgIpc) is 3.59. The van der Waals surface area contributed by atoms with Crippen molar-refractivity contribution in [3.8, 4) is 0 Å². The van der Waals surface area contributed by atoms with Crippen molar-refractivity contribution >= 4 is 46.4 Å². The first-order valence-corrected chi connectivity index (χ1v) is 12.9. The van der Waals surface area contributed by atoms with Crippen molar-refractivity contribution in [1.82, 2.24) is 30.9 Å². The van der Waals surface area contributed by atoms with Crippen LogP contribution < -0.4 is 33.2 Å². The summed E-state index contributed by atoms with van der Waals surface area (Å²) in [6.45, 7) is 0. The van der Waals surface area contributed by atoms with Gasteiger partial charge in [-0.15, -0.1) is 0 Å². The van der Waals surface area contributed by atoms with Crippen LogP contribution in [0.3, 0.4) is 0 Å². The summed E-state index contributed by atoms with van der Waals surface area (Å²) in [6.07, 6.45) is 3.29. The lowest BCUT2D eigenvalue weighted by Gasteiger charge is -2.25. The number of nitrogens with zero attached hydrogens (tertiary/aromatic N) is 1. The van der Waals surface area contributed by atoms with E-state index in [-0.39, 0.29) is 25.7 Å². The number of fused-ring (bicyclic) bond motifs is 1. The van der Waals surface area contributed by atoms with E-state index >= 15 is 0 Å². The molecule has 4 unspecified atom stereocenters. The first-order chi connectivity index (χ1) is 19.9. The molecule has 42 heavy (non-hydrogen) atoms. The van der Waals surface area contributed by atoms with Crippen LogP contribution in [0, 0.1) is 0 Å². The van der Waals surface area contributed by atoms with Crippen LogP contribution in [0.2, 0.25) is 0 Å². The maximum Gasteiger partial charge on any atom is 0.326 e. The molecule has 224 valence electrons. The number of benzene rings is 1. The summed E-state index contributed by atoms with van der Waals surface area (Å²) in [4.78, 5) is 83.4. The Morgan fingerprint density at radius 1 is 0.857 bits per heavy atom. The number of primary amides is 2. The Morgan fingerprint density at radius 2 is 1.52 bits per heavy atom. The quantitative estimate of drug-likeness (QED) is 0.0874. The van der Waals surface area contributed by atoms with E-state index in [4.69, 9.17) is 17.2 Å². The van der Waals surface area contributed by atoms with E-state index in [0.29, 0.717) is 5.69 Å². The zero-order valence-corrected chi connectivity index (χ0v) is 22.5. The van der Waals surface area contributed by atoms with Gasteiger partial charge in [0, 0.05) is 41.8 Å². The number of carbonyl (C=O) groups excluding carboxylic acids is 5. The van der Waals surface area contributed by atoms with Gasteiger partial charge in [0.2, 0.25) is 29.5 Å². The second-order valence-electron chi connectivity index (χ2n) is 9.65. The Kier molecular flexibility index (Phi) is 10.7. The van der Waals surface area contributed by atoms with Gasteiger partial charge in [-0.2, -0.15) is 0 Å². The highest BCUT2D eigenvalue weighted by atomic mass is 16.4. The summed E-state index contributed by atoms with van der Waals surface area (Å²) in [7, 11) is 0. The number of carboxylic acid groups (broad SMARTS) is 1. The van der Waals surface area contributed by atoms with Gasteiger partial charge < -0.3 is 48.2 Å². The van der Waals surface area contributed by atoms with Crippen LogP contribution >= 0.6 is 0 Å². The molecule has 0 fully saturated rings. The van der Waals surface area contributed by atoms with Gasteiger partial charge in [-0.25, -0.2) is 9.78 Å². The minimum absolute atomic E-state index is 0.140. The standard InChI is InChI=1S/C26H33N9O7/c27-16(7-13-10-31-17-4-2-1-3-15(13)17)23(38)33-18(5-6-21(28)36)24(39)34-19(8-14-11-30-12-32-14)25(40)35-20(26(41)42)9-22(29)37/h1-4,10-12,16,18-20,31H,5-9,27H2,(H2,28,36)(H2,29,37)(H,30,32)(H,33,38)(H,34,39)(H,35,40)(H,41,42). The van der Waals surface area contributed by atoms with Crippen molar-refractivity contribution in [2.24, 2.45) is 17.2 Å². The lowest BCUT2D eigenvalue weighted by atomic mass is 10.0. The van der Waals surface area contributed by atoms with E-state index < -0.39 is 66.1 Å². The van der Waals surface area contributed by atoms with Gasteiger partial charge in [0.1, 0.15) is 18.1 Å². The molecule has 5 amide bonds. The van der Waals surface area contributed by atoms with Crippen molar-refractivity contribution in [2.75, 3.05) is 0 Å². The van der Waals surface area contributed by atoms with Crippen molar-refractivity contribution in [3.05, 3.63) is 54.2 Å². The molecule has 2 heterocycles. The van der Waals surface area contributed by atoms with Crippen molar-refractivity contribution in [2.45, 2.75) is 56.3 Å². The maximum atomic E-state index is 13.3. The fourth-order valence-corrected chi connectivity index (χ4v) is 4.24. The fraction of sp³-hybridized carbons (Fsp3) is 0.346. The third-order valence-electron chi connectivity index (χ3n) is 6.40. The zero-order valence-electron chi connectivity index (χ0n) is 22.5. The molecule has 0 radical (unpaired) electrons. The summed E-state index contributed by atoms with van der Waals surface area (Å²) in [5.74, 6) is -5.69. The maximum absolute atomic E-state index is 13.3. The third-order valence-corrected chi connectivity index (χ3v) is 6.40. The monoisotopic (exact) mass is 583 g/mol. The number of para-hydroxylation sites is 1. The molecular formula is C26H33N9O7. The number of nitrogens with one attached hydrogen (secondary N) is 5. The van der Waals surface area contributed by atoms with Crippen LogP contribution in [-0.4, -0.2) is 79.7 Å². The number of H-pyrrole nitrogens is 2. The lowest BCUT2D eigenvalue weighted by Crippen LogP contribution is -2.58. The average molecular weight is 584 g/mol. The van der Waals surface area contributed by atoms with E-state index in [9.17, 15) is 33.9 Å². The minimum atomic E-state index is -1.65. The number of nitrogens with two attached hydrogens (primary N) is 3. The number of carboxylic acids is 1. The number of aromatic amines is 2. The number of rotatable bonds is 16. The number of imidazole rings is 1. The number of aliphatic carboxylic acids is 1. The molecule has 2 aromatic heterocycles. The van der Waals surface area contributed by atoms with Crippen LogP contribution in [0.25, 0.3) is 10.9 Å². The molecule has 1 aromatic carbocycles. The van der Waals surface area contributed by atoms with Crippen molar-refractivity contribution < 1.29 is 33.9 Å². The van der Waals surface area contributed by atoms with Gasteiger partial charge in [0.15, 0.2) is 0 Å². The van der Waals surface area contributed by atoms with Crippen LogP contribution in [0.15, 0.2) is 43.0 Å². The highest BCUT2D eigenvalue weighted by Crippen LogP contribution is 2.19. The summed E-state index contributed by atoms with van der Waals surface area (Å²) in [5, 5.41) is 17.4. The second kappa shape index (κ2) is 14.4. The molecule has 16 nitrogen and oxygen atoms in total. The largest absolute Gasteiger partial charge is 0.480 e. The normalized spacial score (nSPS) is 13.8. The third kappa shape index (κ3) is 8.88. The molecule has 12 N–H and O–H groups in total. The number of hydrogen-bond donors (Lipinski definition) is 9. The highest BCUT2D eigenvalue weighted by Gasteiger charge is 2.31. The molecule has 0 aliphatic rings. The van der Waals surface area contributed by atoms with Gasteiger partial charge in [0.05, 0.1) is 18.8 Å². The molecule has 3 rings (SSSR count). The van der Waals surface area contributed by atoms with Gasteiger partial charge in [-0.05, 0) is 24.5 Å². The van der Waals surface area contributed by atoms with Gasteiger partial charge in [-0.3, -0.25) is 24.0 Å². The Bertz CT molecular complexity index is 1440. The summed E-state index contributed by atoms with van der Waals surface area (Å²) >= 11 is 0. The first kappa shape index (κ1) is 31.3. The number of amides is 5. The number of aromatic nitrogens is 3. The fourth-order valence-electron chi connectivity index (χ4n) is 4.24. The van der Waals surface area contributed by atoms with E-state index in [1.165, 1.54) is 12.5 Å². The van der Waals surface area contributed by atoms with Gasteiger partial charge in [0.25, 0.3) is 0 Å². The molecule has 0 aliphatic carbocycles. The summed E-state index contributed by atoms with van der Waals surface area (Å²) in [5.41, 5.74) is 18.5. The molecule has 3 aromatic rings. The summed E-state index contributed by atoms with van der Waals surface area (Å²) < 4.78 is 0. The van der Waals surface area contributed by atoms with Crippen LogP contribution in [0.1, 0.15) is 30.5 Å². The van der Waals surface area contributed by atoms with E-state index in [2.05, 4.69) is 30.9 Å². The first-order valence-electron chi connectivity index (χ1n) is 12.9. The Hall–Kier alpha value is -5.25. The van der Waals surface area contributed by atoms with Crippen molar-refractivity contribution in [1.29, 1.82) is 0 Å². The summed E-state index contributed by atoms with van der Waals surface area (Å²) in [6, 6.07) is 2.03.